The lowest BCUT2D eigenvalue weighted by molar-refractivity contribution is -0.138. The fourth-order valence-electron chi connectivity index (χ4n) is 2.78. The maximum absolute atomic E-state index is 11.7. The minimum absolute atomic E-state index is 0.0419. The highest BCUT2D eigenvalue weighted by Crippen LogP contribution is 2.35. The number of aliphatic carboxylic acids is 1. The molecular weight excluding hydrogens is 268 g/mol. The number of benzene rings is 1. The molecule has 1 aromatic carbocycles. The minimum Gasteiger partial charge on any atom is -0.481 e. The molecular formula is C16H16N2O3. The number of carbonyl (C=O) groups is 1. The molecule has 0 saturated heterocycles. The molecule has 1 aliphatic heterocycles. The first-order chi connectivity index (χ1) is 10.2. The van der Waals surface area contributed by atoms with E-state index in [1.165, 1.54) is 6.07 Å². The van der Waals surface area contributed by atoms with E-state index in [1.807, 2.05) is 35.2 Å². The van der Waals surface area contributed by atoms with Gasteiger partial charge in [0.1, 0.15) is 5.92 Å². The summed E-state index contributed by atoms with van der Waals surface area (Å²) in [7, 11) is 0. The van der Waals surface area contributed by atoms with Crippen LogP contribution < -0.4 is 10.5 Å². The number of para-hydroxylation sites is 1. The molecule has 0 bridgehead atoms. The van der Waals surface area contributed by atoms with Gasteiger partial charge in [0.2, 0.25) is 0 Å². The molecule has 1 unspecified atom stereocenters. The van der Waals surface area contributed by atoms with Crippen molar-refractivity contribution in [2.24, 2.45) is 0 Å². The number of carboxylic acid groups (broad SMARTS) is 1. The molecule has 108 valence electrons. The predicted octanol–water partition coefficient (Wildman–Crippen LogP) is 1.54. The van der Waals surface area contributed by atoms with Gasteiger partial charge in [-0.3, -0.25) is 9.59 Å². The number of fused-ring (bicyclic) bond motifs is 1. The second-order valence-electron chi connectivity index (χ2n) is 5.13. The predicted molar refractivity (Wildman–Crippen MR) is 79.7 cm³/mol. The minimum atomic E-state index is -0.804. The van der Waals surface area contributed by atoms with Gasteiger partial charge >= 0.3 is 5.97 Å². The largest absolute Gasteiger partial charge is 0.481 e. The van der Waals surface area contributed by atoms with Crippen molar-refractivity contribution < 1.29 is 9.90 Å². The number of aromatic nitrogens is 1. The van der Waals surface area contributed by atoms with E-state index in [-0.39, 0.29) is 5.56 Å². The normalized spacial score (nSPS) is 16.8. The van der Waals surface area contributed by atoms with Crippen LogP contribution in [0.2, 0.25) is 0 Å². The van der Waals surface area contributed by atoms with Crippen LogP contribution in [0, 0.1) is 0 Å². The highest BCUT2D eigenvalue weighted by atomic mass is 16.4. The van der Waals surface area contributed by atoms with Crippen LogP contribution in [0.15, 0.2) is 53.5 Å². The second-order valence-corrected chi connectivity index (χ2v) is 5.13. The molecule has 2 aromatic rings. The Morgan fingerprint density at radius 3 is 2.67 bits per heavy atom. The summed E-state index contributed by atoms with van der Waals surface area (Å²) in [6, 6.07) is 12.6. The third-order valence-corrected chi connectivity index (χ3v) is 3.86. The van der Waals surface area contributed by atoms with E-state index in [1.54, 1.807) is 16.8 Å². The van der Waals surface area contributed by atoms with Gasteiger partial charge in [-0.25, -0.2) is 0 Å². The molecule has 3 rings (SSSR count). The van der Waals surface area contributed by atoms with Crippen LogP contribution in [-0.2, 0) is 11.3 Å². The zero-order valence-corrected chi connectivity index (χ0v) is 11.5. The standard InChI is InChI=1S/C16H16N2O3/c19-15-7-3-4-8-17(15)9-10-18-11-13(16(20)21)12-5-1-2-6-14(12)18/h1-8,13H,9-11H2,(H,20,21). The summed E-state index contributed by atoms with van der Waals surface area (Å²) in [6.07, 6.45) is 1.75. The maximum Gasteiger partial charge on any atom is 0.312 e. The van der Waals surface area contributed by atoms with Crippen molar-refractivity contribution in [1.29, 1.82) is 0 Å². The third-order valence-electron chi connectivity index (χ3n) is 3.86. The van der Waals surface area contributed by atoms with Crippen molar-refractivity contribution in [2.45, 2.75) is 12.5 Å². The van der Waals surface area contributed by atoms with Crippen molar-refractivity contribution in [1.82, 2.24) is 4.57 Å². The van der Waals surface area contributed by atoms with Gasteiger partial charge in [0, 0.05) is 37.6 Å². The number of carboxylic acids is 1. The molecule has 0 spiro atoms. The summed E-state index contributed by atoms with van der Waals surface area (Å²) < 4.78 is 1.64. The molecule has 1 N–H and O–H groups in total. The molecule has 21 heavy (non-hydrogen) atoms. The van der Waals surface area contributed by atoms with Gasteiger partial charge < -0.3 is 14.6 Å². The van der Waals surface area contributed by atoms with E-state index < -0.39 is 11.9 Å². The van der Waals surface area contributed by atoms with E-state index in [0.717, 1.165) is 11.3 Å². The fraction of sp³-hybridized carbons (Fsp3) is 0.250. The summed E-state index contributed by atoms with van der Waals surface area (Å²) >= 11 is 0. The highest BCUT2D eigenvalue weighted by molar-refractivity contribution is 5.82. The number of hydrogen-bond acceptors (Lipinski definition) is 3. The Morgan fingerprint density at radius 2 is 1.90 bits per heavy atom. The summed E-state index contributed by atoms with van der Waals surface area (Å²) in [5.74, 6) is -1.30. The number of nitrogens with zero attached hydrogens (tertiary/aromatic N) is 2. The van der Waals surface area contributed by atoms with Crippen molar-refractivity contribution in [3.8, 4) is 0 Å². The van der Waals surface area contributed by atoms with E-state index in [2.05, 4.69) is 0 Å². The van der Waals surface area contributed by atoms with Gasteiger partial charge in [-0.05, 0) is 17.7 Å². The Hall–Kier alpha value is -2.56. The lowest BCUT2D eigenvalue weighted by Gasteiger charge is -2.20. The lowest BCUT2D eigenvalue weighted by atomic mass is 10.0. The Morgan fingerprint density at radius 1 is 1.14 bits per heavy atom. The van der Waals surface area contributed by atoms with Gasteiger partial charge in [-0.15, -0.1) is 0 Å². The average molecular weight is 284 g/mol. The smallest absolute Gasteiger partial charge is 0.312 e. The Kier molecular flexibility index (Phi) is 3.48. The van der Waals surface area contributed by atoms with Crippen LogP contribution in [-0.4, -0.2) is 28.7 Å². The van der Waals surface area contributed by atoms with Gasteiger partial charge in [-0.2, -0.15) is 0 Å². The number of rotatable bonds is 4. The van der Waals surface area contributed by atoms with Crippen molar-refractivity contribution in [2.75, 3.05) is 18.0 Å². The van der Waals surface area contributed by atoms with Crippen LogP contribution >= 0.6 is 0 Å². The summed E-state index contributed by atoms with van der Waals surface area (Å²) in [6.45, 7) is 1.61. The molecule has 1 atom stereocenters. The molecule has 0 fully saturated rings. The Labute approximate surface area is 122 Å². The first-order valence-corrected chi connectivity index (χ1v) is 6.89. The van der Waals surface area contributed by atoms with Crippen LogP contribution in [0.1, 0.15) is 11.5 Å². The van der Waals surface area contributed by atoms with Crippen molar-refractivity contribution in [3.63, 3.8) is 0 Å². The first kappa shape index (κ1) is 13.4. The van der Waals surface area contributed by atoms with Gasteiger partial charge in [-0.1, -0.05) is 24.3 Å². The molecule has 1 aliphatic rings. The van der Waals surface area contributed by atoms with Crippen LogP contribution in [0.3, 0.4) is 0 Å². The number of pyridine rings is 1. The van der Waals surface area contributed by atoms with Crippen LogP contribution in [0.25, 0.3) is 0 Å². The zero-order valence-electron chi connectivity index (χ0n) is 11.5. The lowest BCUT2D eigenvalue weighted by Crippen LogP contribution is -2.30. The molecule has 1 aromatic heterocycles. The molecule has 2 heterocycles. The van der Waals surface area contributed by atoms with Crippen LogP contribution in [0.4, 0.5) is 5.69 Å². The summed E-state index contributed by atoms with van der Waals surface area (Å²) in [5.41, 5.74) is 1.76. The number of anilines is 1. The monoisotopic (exact) mass is 284 g/mol. The Bertz CT molecular complexity index is 723. The molecule has 0 aliphatic carbocycles. The fourth-order valence-corrected chi connectivity index (χ4v) is 2.78. The molecule has 0 saturated carbocycles. The molecule has 0 radical (unpaired) electrons. The van der Waals surface area contributed by atoms with E-state index in [0.29, 0.717) is 19.6 Å². The van der Waals surface area contributed by atoms with Gasteiger partial charge in [0.05, 0.1) is 0 Å². The van der Waals surface area contributed by atoms with Crippen molar-refractivity contribution >= 4 is 11.7 Å². The molecule has 5 nitrogen and oxygen atoms in total. The second kappa shape index (κ2) is 5.44. The van der Waals surface area contributed by atoms with Crippen molar-refractivity contribution in [3.05, 3.63) is 64.6 Å². The van der Waals surface area contributed by atoms with Gasteiger partial charge in [0.25, 0.3) is 5.56 Å². The van der Waals surface area contributed by atoms with Crippen LogP contribution in [0.5, 0.6) is 0 Å². The highest BCUT2D eigenvalue weighted by Gasteiger charge is 2.32. The summed E-state index contributed by atoms with van der Waals surface area (Å²) in [5, 5.41) is 9.33. The summed E-state index contributed by atoms with van der Waals surface area (Å²) in [4.78, 5) is 25.1. The first-order valence-electron chi connectivity index (χ1n) is 6.89. The average Bonchev–Trinajstić information content (AvgIpc) is 2.86. The topological polar surface area (TPSA) is 62.5 Å². The van der Waals surface area contributed by atoms with E-state index >= 15 is 0 Å². The van der Waals surface area contributed by atoms with Gasteiger partial charge in [0.15, 0.2) is 0 Å². The Balaban J connectivity index is 1.80. The molecule has 0 amide bonds. The number of hydrogen-bond donors (Lipinski definition) is 1. The zero-order chi connectivity index (χ0) is 14.8. The maximum atomic E-state index is 11.7. The third kappa shape index (κ3) is 2.54. The SMILES string of the molecule is O=C(O)C1CN(CCn2ccccc2=O)c2ccccc21. The molecule has 5 heteroatoms. The quantitative estimate of drug-likeness (QED) is 0.925. The van der Waals surface area contributed by atoms with E-state index in [4.69, 9.17) is 0 Å². The van der Waals surface area contributed by atoms with E-state index in [9.17, 15) is 14.7 Å².